The van der Waals surface area contributed by atoms with E-state index in [4.69, 9.17) is 4.74 Å². The van der Waals surface area contributed by atoms with Crippen LogP contribution in [0.2, 0.25) is 0 Å². The van der Waals surface area contributed by atoms with Gasteiger partial charge in [-0.1, -0.05) is 6.42 Å². The Labute approximate surface area is 96.6 Å². The minimum Gasteiger partial charge on any atom is -0.480 e. The zero-order valence-electron chi connectivity index (χ0n) is 9.89. The molecule has 2 saturated heterocycles. The van der Waals surface area contributed by atoms with Crippen LogP contribution >= 0.6 is 0 Å². The molecule has 3 atom stereocenters. The Morgan fingerprint density at radius 3 is 2.88 bits per heavy atom. The van der Waals surface area contributed by atoms with Crippen LogP contribution in [0.25, 0.3) is 0 Å². The van der Waals surface area contributed by atoms with E-state index in [-0.39, 0.29) is 12.1 Å². The summed E-state index contributed by atoms with van der Waals surface area (Å²) >= 11 is 0. The summed E-state index contributed by atoms with van der Waals surface area (Å²) in [6, 6.07) is 0.147. The van der Waals surface area contributed by atoms with Crippen molar-refractivity contribution >= 4 is 5.97 Å². The molecule has 3 unspecified atom stereocenters. The molecule has 0 aliphatic carbocycles. The van der Waals surface area contributed by atoms with Crippen molar-refractivity contribution in [3.05, 3.63) is 0 Å². The zero-order chi connectivity index (χ0) is 11.5. The molecule has 0 aromatic heterocycles. The molecule has 0 bridgehead atoms. The van der Waals surface area contributed by atoms with Crippen LogP contribution in [0.1, 0.15) is 39.0 Å². The lowest BCUT2D eigenvalue weighted by Gasteiger charge is -2.42. The lowest BCUT2D eigenvalue weighted by Crippen LogP contribution is -2.52. The molecule has 0 spiro atoms. The molecule has 4 heteroatoms. The van der Waals surface area contributed by atoms with Crippen molar-refractivity contribution < 1.29 is 14.6 Å². The number of carboxylic acids is 1. The van der Waals surface area contributed by atoms with E-state index in [0.717, 1.165) is 45.3 Å². The van der Waals surface area contributed by atoms with Gasteiger partial charge in [-0.3, -0.25) is 9.69 Å². The van der Waals surface area contributed by atoms with Crippen molar-refractivity contribution in [2.75, 3.05) is 13.2 Å². The van der Waals surface area contributed by atoms with Gasteiger partial charge in [0.25, 0.3) is 0 Å². The Morgan fingerprint density at radius 2 is 2.19 bits per heavy atom. The fraction of sp³-hybridized carbons (Fsp3) is 0.917. The number of nitrogens with zero attached hydrogens (tertiary/aromatic N) is 1. The minimum atomic E-state index is -0.654. The summed E-state index contributed by atoms with van der Waals surface area (Å²) in [4.78, 5) is 13.4. The van der Waals surface area contributed by atoms with Crippen LogP contribution in [0.3, 0.4) is 0 Å². The average Bonchev–Trinajstić information content (AvgIpc) is 2.29. The molecular weight excluding hydrogens is 206 g/mol. The third-order valence-electron chi connectivity index (χ3n) is 3.76. The first-order valence-electron chi connectivity index (χ1n) is 6.28. The number of piperidine rings is 1. The third kappa shape index (κ3) is 2.55. The highest BCUT2D eigenvalue weighted by molar-refractivity contribution is 5.73. The Hall–Kier alpha value is -0.610. The number of likely N-dealkylation sites (tertiary alicyclic amines) is 1. The monoisotopic (exact) mass is 227 g/mol. The number of rotatable bonds is 2. The Bertz CT molecular complexity index is 257. The second-order valence-electron chi connectivity index (χ2n) is 4.95. The van der Waals surface area contributed by atoms with Gasteiger partial charge in [-0.15, -0.1) is 0 Å². The van der Waals surface area contributed by atoms with Gasteiger partial charge in [0.05, 0.1) is 6.10 Å². The van der Waals surface area contributed by atoms with Crippen LogP contribution in [-0.2, 0) is 9.53 Å². The number of carboxylic acid groups (broad SMARTS) is 1. The van der Waals surface area contributed by atoms with Crippen LogP contribution < -0.4 is 0 Å². The van der Waals surface area contributed by atoms with E-state index >= 15 is 0 Å². The fourth-order valence-corrected chi connectivity index (χ4v) is 2.93. The predicted octanol–water partition coefficient (Wildman–Crippen LogP) is 1.49. The zero-order valence-corrected chi connectivity index (χ0v) is 9.89. The second kappa shape index (κ2) is 5.15. The smallest absolute Gasteiger partial charge is 0.320 e. The summed E-state index contributed by atoms with van der Waals surface area (Å²) in [7, 11) is 0. The number of hydrogen-bond donors (Lipinski definition) is 1. The molecule has 0 aromatic rings. The van der Waals surface area contributed by atoms with Crippen molar-refractivity contribution in [1.82, 2.24) is 4.90 Å². The maximum absolute atomic E-state index is 11.2. The Balaban J connectivity index is 2.01. The first kappa shape index (κ1) is 11.9. The van der Waals surface area contributed by atoms with Gasteiger partial charge in [-0.25, -0.2) is 0 Å². The molecule has 92 valence electrons. The Morgan fingerprint density at radius 1 is 1.38 bits per heavy atom. The van der Waals surface area contributed by atoms with E-state index < -0.39 is 5.97 Å². The van der Waals surface area contributed by atoms with E-state index in [1.54, 1.807) is 0 Å². The summed E-state index contributed by atoms with van der Waals surface area (Å²) in [6.45, 7) is 3.79. The maximum atomic E-state index is 11.2. The average molecular weight is 227 g/mol. The van der Waals surface area contributed by atoms with Crippen molar-refractivity contribution in [3.63, 3.8) is 0 Å². The molecule has 16 heavy (non-hydrogen) atoms. The van der Waals surface area contributed by atoms with E-state index in [1.165, 1.54) is 0 Å². The van der Waals surface area contributed by atoms with Gasteiger partial charge in [0.2, 0.25) is 0 Å². The van der Waals surface area contributed by atoms with Gasteiger partial charge < -0.3 is 9.84 Å². The van der Waals surface area contributed by atoms with E-state index in [2.05, 4.69) is 11.8 Å². The highest BCUT2D eigenvalue weighted by atomic mass is 16.5. The van der Waals surface area contributed by atoms with Crippen molar-refractivity contribution in [3.8, 4) is 0 Å². The number of aliphatic carboxylic acids is 1. The standard InChI is InChI=1S/C12H21NO3/c1-9-8-10(5-7-16-9)13-6-3-2-4-11(13)12(14)15/h9-11H,2-8H2,1H3,(H,14,15). The molecule has 1 N–H and O–H groups in total. The van der Waals surface area contributed by atoms with Crippen LogP contribution in [-0.4, -0.2) is 47.3 Å². The highest BCUT2D eigenvalue weighted by Crippen LogP contribution is 2.26. The van der Waals surface area contributed by atoms with E-state index in [9.17, 15) is 9.90 Å². The van der Waals surface area contributed by atoms with Gasteiger partial charge in [-0.05, 0) is 39.2 Å². The molecule has 0 saturated carbocycles. The van der Waals surface area contributed by atoms with Gasteiger partial charge in [0.15, 0.2) is 0 Å². The van der Waals surface area contributed by atoms with Crippen LogP contribution in [0.5, 0.6) is 0 Å². The maximum Gasteiger partial charge on any atom is 0.320 e. The fourth-order valence-electron chi connectivity index (χ4n) is 2.93. The molecule has 0 aromatic carbocycles. The summed E-state index contributed by atoms with van der Waals surface area (Å²) < 4.78 is 5.52. The molecule has 2 aliphatic heterocycles. The number of ether oxygens (including phenoxy) is 1. The molecule has 2 rings (SSSR count). The molecule has 4 nitrogen and oxygen atoms in total. The molecule has 2 aliphatic rings. The third-order valence-corrected chi connectivity index (χ3v) is 3.76. The van der Waals surface area contributed by atoms with Crippen molar-refractivity contribution in [2.45, 2.75) is 57.2 Å². The lowest BCUT2D eigenvalue weighted by atomic mass is 9.95. The van der Waals surface area contributed by atoms with Crippen LogP contribution in [0.4, 0.5) is 0 Å². The van der Waals surface area contributed by atoms with Gasteiger partial charge in [0, 0.05) is 12.6 Å². The Kier molecular flexibility index (Phi) is 3.82. The summed E-state index contributed by atoms with van der Waals surface area (Å²) in [6.07, 6.45) is 5.22. The molecule has 0 radical (unpaired) electrons. The molecular formula is C12H21NO3. The number of hydrogen-bond acceptors (Lipinski definition) is 3. The first-order valence-corrected chi connectivity index (χ1v) is 6.28. The molecule has 2 fully saturated rings. The van der Waals surface area contributed by atoms with E-state index in [1.807, 2.05) is 0 Å². The van der Waals surface area contributed by atoms with Crippen LogP contribution in [0.15, 0.2) is 0 Å². The molecule has 0 amide bonds. The van der Waals surface area contributed by atoms with Crippen LogP contribution in [0, 0.1) is 0 Å². The number of carbonyl (C=O) groups is 1. The van der Waals surface area contributed by atoms with Gasteiger partial charge >= 0.3 is 5.97 Å². The SMILES string of the molecule is CC1CC(N2CCCCC2C(=O)O)CCO1. The highest BCUT2D eigenvalue weighted by Gasteiger charge is 2.35. The summed E-state index contributed by atoms with van der Waals surface area (Å²) in [5, 5.41) is 9.23. The second-order valence-corrected chi connectivity index (χ2v) is 4.95. The normalized spacial score (nSPS) is 37.2. The summed E-state index contributed by atoms with van der Waals surface area (Å²) in [5.74, 6) is -0.654. The summed E-state index contributed by atoms with van der Waals surface area (Å²) in [5.41, 5.74) is 0. The largest absolute Gasteiger partial charge is 0.480 e. The van der Waals surface area contributed by atoms with Crippen molar-refractivity contribution in [1.29, 1.82) is 0 Å². The van der Waals surface area contributed by atoms with Gasteiger partial charge in [-0.2, -0.15) is 0 Å². The first-order chi connectivity index (χ1) is 7.68. The quantitative estimate of drug-likeness (QED) is 0.776. The minimum absolute atomic E-state index is 0.260. The topological polar surface area (TPSA) is 49.8 Å². The lowest BCUT2D eigenvalue weighted by molar-refractivity contribution is -0.147. The molecule has 2 heterocycles. The van der Waals surface area contributed by atoms with Gasteiger partial charge in [0.1, 0.15) is 6.04 Å². The van der Waals surface area contributed by atoms with E-state index in [0.29, 0.717) is 6.04 Å². The van der Waals surface area contributed by atoms with Crippen molar-refractivity contribution in [2.24, 2.45) is 0 Å². The predicted molar refractivity (Wildman–Crippen MR) is 60.4 cm³/mol.